The second-order valence-electron chi connectivity index (χ2n) is 6.92. The van der Waals surface area contributed by atoms with Gasteiger partial charge in [-0.2, -0.15) is 0 Å². The van der Waals surface area contributed by atoms with Crippen LogP contribution in [0.2, 0.25) is 0 Å². The van der Waals surface area contributed by atoms with E-state index in [1.54, 1.807) is 4.90 Å². The minimum Gasteiger partial charge on any atom is -0.492 e. The SMILES string of the molecule is NCCNC(=O)C1CCCN(C(=O)c2ccccc2OCC2CC2)C1. The van der Waals surface area contributed by atoms with Crippen molar-refractivity contribution in [2.45, 2.75) is 25.7 Å². The molecule has 1 aromatic carbocycles. The van der Waals surface area contributed by atoms with Crippen LogP contribution in [0, 0.1) is 11.8 Å². The zero-order valence-electron chi connectivity index (χ0n) is 14.6. The van der Waals surface area contributed by atoms with Gasteiger partial charge in [0.1, 0.15) is 5.75 Å². The van der Waals surface area contributed by atoms with Crippen molar-refractivity contribution < 1.29 is 14.3 Å². The number of rotatable bonds is 7. The summed E-state index contributed by atoms with van der Waals surface area (Å²) in [5.41, 5.74) is 6.02. The Kier molecular flexibility index (Phi) is 5.91. The summed E-state index contributed by atoms with van der Waals surface area (Å²) in [7, 11) is 0. The van der Waals surface area contributed by atoms with Crippen molar-refractivity contribution in [3.05, 3.63) is 29.8 Å². The number of benzene rings is 1. The van der Waals surface area contributed by atoms with Crippen LogP contribution in [0.25, 0.3) is 0 Å². The zero-order valence-corrected chi connectivity index (χ0v) is 14.6. The average molecular weight is 345 g/mol. The molecule has 1 heterocycles. The standard InChI is InChI=1S/C19H27N3O3/c20-9-10-21-18(23)15-4-3-11-22(12-15)19(24)16-5-1-2-6-17(16)25-13-14-7-8-14/h1-2,5-6,14-15H,3-4,7-13,20H2,(H,21,23). The number of para-hydroxylation sites is 1. The van der Waals surface area contributed by atoms with Crippen LogP contribution in [0.5, 0.6) is 5.75 Å². The number of hydrogen-bond acceptors (Lipinski definition) is 4. The zero-order chi connectivity index (χ0) is 17.6. The van der Waals surface area contributed by atoms with Crippen LogP contribution >= 0.6 is 0 Å². The van der Waals surface area contributed by atoms with Gasteiger partial charge in [0.05, 0.1) is 18.1 Å². The van der Waals surface area contributed by atoms with Crippen LogP contribution in [-0.4, -0.2) is 49.5 Å². The third-order valence-electron chi connectivity index (χ3n) is 4.81. The molecular weight excluding hydrogens is 318 g/mol. The van der Waals surface area contributed by atoms with Crippen LogP contribution in [0.3, 0.4) is 0 Å². The summed E-state index contributed by atoms with van der Waals surface area (Å²) in [6, 6.07) is 7.40. The van der Waals surface area contributed by atoms with Crippen LogP contribution in [-0.2, 0) is 4.79 Å². The van der Waals surface area contributed by atoms with E-state index in [0.29, 0.717) is 50.0 Å². The smallest absolute Gasteiger partial charge is 0.257 e. The summed E-state index contributed by atoms with van der Waals surface area (Å²) >= 11 is 0. The summed E-state index contributed by atoms with van der Waals surface area (Å²) in [6.45, 7) is 2.70. The highest BCUT2D eigenvalue weighted by Crippen LogP contribution is 2.31. The molecule has 0 spiro atoms. The first-order valence-electron chi connectivity index (χ1n) is 9.18. The van der Waals surface area contributed by atoms with Gasteiger partial charge in [-0.3, -0.25) is 9.59 Å². The first kappa shape index (κ1) is 17.7. The van der Waals surface area contributed by atoms with Crippen molar-refractivity contribution in [2.75, 3.05) is 32.8 Å². The van der Waals surface area contributed by atoms with Gasteiger partial charge in [0.2, 0.25) is 5.91 Å². The molecule has 6 heteroatoms. The molecule has 6 nitrogen and oxygen atoms in total. The van der Waals surface area contributed by atoms with Gasteiger partial charge < -0.3 is 20.7 Å². The van der Waals surface area contributed by atoms with Gasteiger partial charge in [0.15, 0.2) is 0 Å². The Bertz CT molecular complexity index is 616. The van der Waals surface area contributed by atoms with Gasteiger partial charge in [-0.15, -0.1) is 0 Å². The average Bonchev–Trinajstić information content (AvgIpc) is 3.48. The van der Waals surface area contributed by atoms with E-state index in [9.17, 15) is 9.59 Å². The Morgan fingerprint density at radius 2 is 2.04 bits per heavy atom. The second kappa shape index (κ2) is 8.34. The summed E-state index contributed by atoms with van der Waals surface area (Å²) in [5.74, 6) is 1.05. The summed E-state index contributed by atoms with van der Waals surface area (Å²) in [6.07, 6.45) is 4.06. The van der Waals surface area contributed by atoms with Crippen molar-refractivity contribution in [3.63, 3.8) is 0 Å². The number of nitrogens with one attached hydrogen (secondary N) is 1. The lowest BCUT2D eigenvalue weighted by atomic mass is 9.96. The summed E-state index contributed by atoms with van der Waals surface area (Å²) in [4.78, 5) is 26.9. The molecule has 25 heavy (non-hydrogen) atoms. The number of carbonyl (C=O) groups is 2. The quantitative estimate of drug-likeness (QED) is 0.782. The molecule has 2 fully saturated rings. The lowest BCUT2D eigenvalue weighted by Crippen LogP contribution is -2.46. The normalized spacial score (nSPS) is 20.2. The van der Waals surface area contributed by atoms with Crippen molar-refractivity contribution in [1.82, 2.24) is 10.2 Å². The van der Waals surface area contributed by atoms with E-state index in [1.165, 1.54) is 12.8 Å². The Balaban J connectivity index is 1.64. The molecule has 1 aromatic rings. The van der Waals surface area contributed by atoms with Crippen molar-refractivity contribution in [1.29, 1.82) is 0 Å². The first-order valence-corrected chi connectivity index (χ1v) is 9.18. The highest BCUT2D eigenvalue weighted by atomic mass is 16.5. The Labute approximate surface area is 148 Å². The Hall–Kier alpha value is -2.08. The third kappa shape index (κ3) is 4.72. The van der Waals surface area contributed by atoms with Gasteiger partial charge >= 0.3 is 0 Å². The molecular formula is C19H27N3O3. The number of nitrogens with zero attached hydrogens (tertiary/aromatic N) is 1. The number of piperidine rings is 1. The largest absolute Gasteiger partial charge is 0.492 e. The van der Waals surface area contributed by atoms with Crippen molar-refractivity contribution >= 4 is 11.8 Å². The molecule has 136 valence electrons. The molecule has 3 N–H and O–H groups in total. The number of carbonyl (C=O) groups excluding carboxylic acids is 2. The molecule has 0 radical (unpaired) electrons. The maximum absolute atomic E-state index is 13.0. The minimum absolute atomic E-state index is 0.0128. The molecule has 1 aliphatic carbocycles. The van der Waals surface area contributed by atoms with Gasteiger partial charge in [-0.25, -0.2) is 0 Å². The maximum Gasteiger partial charge on any atom is 0.257 e. The number of hydrogen-bond donors (Lipinski definition) is 2. The number of ether oxygens (including phenoxy) is 1. The highest BCUT2D eigenvalue weighted by molar-refractivity contribution is 5.97. The van der Waals surface area contributed by atoms with Crippen LogP contribution in [0.4, 0.5) is 0 Å². The van der Waals surface area contributed by atoms with Crippen LogP contribution in [0.15, 0.2) is 24.3 Å². The molecule has 1 saturated heterocycles. The van der Waals surface area contributed by atoms with Gasteiger partial charge in [0, 0.05) is 26.2 Å². The Morgan fingerprint density at radius 3 is 2.80 bits per heavy atom. The number of amides is 2. The topological polar surface area (TPSA) is 84.7 Å². The lowest BCUT2D eigenvalue weighted by Gasteiger charge is -2.32. The Morgan fingerprint density at radius 1 is 1.24 bits per heavy atom. The van der Waals surface area contributed by atoms with E-state index in [1.807, 2.05) is 24.3 Å². The second-order valence-corrected chi connectivity index (χ2v) is 6.92. The summed E-state index contributed by atoms with van der Waals surface area (Å²) < 4.78 is 5.86. The molecule has 1 unspecified atom stereocenters. The fourth-order valence-electron chi connectivity index (χ4n) is 3.15. The molecule has 0 aromatic heterocycles. The summed E-state index contributed by atoms with van der Waals surface area (Å²) in [5, 5.41) is 2.83. The van der Waals surface area contributed by atoms with Gasteiger partial charge in [-0.05, 0) is 43.7 Å². The third-order valence-corrected chi connectivity index (χ3v) is 4.81. The van der Waals surface area contributed by atoms with E-state index in [4.69, 9.17) is 10.5 Å². The lowest BCUT2D eigenvalue weighted by molar-refractivity contribution is -0.126. The predicted molar refractivity (Wildman–Crippen MR) is 95.4 cm³/mol. The highest BCUT2D eigenvalue weighted by Gasteiger charge is 2.30. The van der Waals surface area contributed by atoms with Crippen molar-refractivity contribution in [3.8, 4) is 5.75 Å². The molecule has 3 rings (SSSR count). The monoisotopic (exact) mass is 345 g/mol. The molecule has 1 aliphatic heterocycles. The van der Waals surface area contributed by atoms with E-state index in [0.717, 1.165) is 12.8 Å². The fraction of sp³-hybridized carbons (Fsp3) is 0.579. The minimum atomic E-state index is -0.163. The molecule has 2 amide bonds. The molecule has 1 saturated carbocycles. The van der Waals surface area contributed by atoms with Crippen LogP contribution in [0.1, 0.15) is 36.0 Å². The maximum atomic E-state index is 13.0. The number of likely N-dealkylation sites (tertiary alicyclic amines) is 1. The van der Waals surface area contributed by atoms with E-state index in [-0.39, 0.29) is 17.7 Å². The van der Waals surface area contributed by atoms with Gasteiger partial charge in [-0.1, -0.05) is 12.1 Å². The van der Waals surface area contributed by atoms with E-state index >= 15 is 0 Å². The fourth-order valence-corrected chi connectivity index (χ4v) is 3.15. The van der Waals surface area contributed by atoms with E-state index in [2.05, 4.69) is 5.32 Å². The van der Waals surface area contributed by atoms with Crippen molar-refractivity contribution in [2.24, 2.45) is 17.6 Å². The molecule has 0 bridgehead atoms. The van der Waals surface area contributed by atoms with E-state index < -0.39 is 0 Å². The predicted octanol–water partition coefficient (Wildman–Crippen LogP) is 1.40. The van der Waals surface area contributed by atoms with Crippen LogP contribution < -0.4 is 15.8 Å². The van der Waals surface area contributed by atoms with Gasteiger partial charge in [0.25, 0.3) is 5.91 Å². The number of nitrogens with two attached hydrogens (primary N) is 1. The first-order chi connectivity index (χ1) is 12.2. The molecule has 2 aliphatic rings. The molecule has 1 atom stereocenters.